The van der Waals surface area contributed by atoms with Crippen molar-refractivity contribution in [2.24, 2.45) is 5.73 Å². The molecule has 3 N–H and O–H groups in total. The summed E-state index contributed by atoms with van der Waals surface area (Å²) in [5.41, 5.74) is 5.41. The van der Waals surface area contributed by atoms with E-state index in [0.29, 0.717) is 25.8 Å². The van der Waals surface area contributed by atoms with Gasteiger partial charge in [0.1, 0.15) is 0 Å². The molecule has 6 heteroatoms. The van der Waals surface area contributed by atoms with Crippen LogP contribution in [-0.2, 0) is 9.59 Å². The summed E-state index contributed by atoms with van der Waals surface area (Å²) < 4.78 is 0. The summed E-state index contributed by atoms with van der Waals surface area (Å²) in [6.07, 6.45) is 21.6. The number of nitrogens with two attached hydrogens (primary N) is 1. The van der Waals surface area contributed by atoms with Crippen LogP contribution in [0.1, 0.15) is 129 Å². The third kappa shape index (κ3) is 22.6. The number of hydrogen-bond donors (Lipinski definition) is 2. The van der Waals surface area contributed by atoms with E-state index in [9.17, 15) is 14.7 Å². The van der Waals surface area contributed by atoms with Crippen molar-refractivity contribution in [3.05, 3.63) is 0 Å². The molecule has 0 fully saturated rings. The first-order valence-electron chi connectivity index (χ1n) is 12.3. The van der Waals surface area contributed by atoms with Gasteiger partial charge in [-0.25, -0.2) is 0 Å². The molecule has 0 saturated carbocycles. The minimum absolute atomic E-state index is 0. The second kappa shape index (κ2) is 25.2. The zero-order chi connectivity index (χ0) is 21.6. The minimum Gasteiger partial charge on any atom is -0.548 e. The van der Waals surface area contributed by atoms with E-state index >= 15 is 0 Å². The van der Waals surface area contributed by atoms with Gasteiger partial charge in [-0.1, -0.05) is 96.8 Å². The van der Waals surface area contributed by atoms with Crippen LogP contribution in [-0.4, -0.2) is 24.5 Å². The molecule has 0 heterocycles. The quantitative estimate of drug-likeness (QED) is 0.200. The first-order valence-corrected chi connectivity index (χ1v) is 12.3. The normalized spacial score (nSPS) is 11.7. The van der Waals surface area contributed by atoms with Gasteiger partial charge in [-0.3, -0.25) is 4.79 Å². The van der Waals surface area contributed by atoms with Crippen molar-refractivity contribution in [1.29, 1.82) is 0 Å². The third-order valence-corrected chi connectivity index (χ3v) is 5.57. The number of carbonyl (C=O) groups excluding carboxylic acids is 2. The van der Waals surface area contributed by atoms with Crippen molar-refractivity contribution in [3.63, 3.8) is 0 Å². The molecule has 0 saturated heterocycles. The van der Waals surface area contributed by atoms with Crippen LogP contribution < -0.4 is 45.7 Å². The fourth-order valence-corrected chi connectivity index (χ4v) is 3.67. The summed E-state index contributed by atoms with van der Waals surface area (Å²) in [6, 6.07) is -0.884. The first-order chi connectivity index (χ1) is 14.1. The zero-order valence-electron chi connectivity index (χ0n) is 20.0. The monoisotopic (exact) mass is 434 g/mol. The molecule has 0 aromatic heterocycles. The number of unbranched alkanes of at least 4 members (excludes halogenated alkanes) is 15. The molecule has 0 spiro atoms. The van der Waals surface area contributed by atoms with Crippen LogP contribution in [0, 0.1) is 0 Å². The van der Waals surface area contributed by atoms with Gasteiger partial charge in [0, 0.05) is 6.42 Å². The van der Waals surface area contributed by atoms with Crippen LogP contribution in [0.5, 0.6) is 0 Å². The Kier molecular flexibility index (Phi) is 26.9. The van der Waals surface area contributed by atoms with E-state index in [-0.39, 0.29) is 35.5 Å². The van der Waals surface area contributed by atoms with Crippen LogP contribution in [0.4, 0.5) is 0 Å². The Morgan fingerprint density at radius 1 is 0.733 bits per heavy atom. The molecule has 0 aromatic carbocycles. The van der Waals surface area contributed by atoms with E-state index in [0.717, 1.165) is 25.7 Å². The Balaban J connectivity index is 0. The molecular weight excluding hydrogens is 387 g/mol. The van der Waals surface area contributed by atoms with E-state index < -0.39 is 12.0 Å². The van der Waals surface area contributed by atoms with Gasteiger partial charge in [-0.05, 0) is 32.2 Å². The van der Waals surface area contributed by atoms with Gasteiger partial charge in [-0.2, -0.15) is 0 Å². The molecular formula is C24H47N2NaO3. The van der Waals surface area contributed by atoms with Crippen molar-refractivity contribution < 1.29 is 44.3 Å². The first kappa shape index (κ1) is 32.1. The second-order valence-corrected chi connectivity index (χ2v) is 8.42. The van der Waals surface area contributed by atoms with Crippen molar-refractivity contribution in [2.45, 2.75) is 135 Å². The molecule has 0 rings (SSSR count). The molecule has 0 aliphatic heterocycles. The molecule has 1 atom stereocenters. The summed E-state index contributed by atoms with van der Waals surface area (Å²) in [5, 5.41) is 13.7. The van der Waals surface area contributed by atoms with Gasteiger partial charge >= 0.3 is 29.6 Å². The van der Waals surface area contributed by atoms with Gasteiger partial charge in [0.25, 0.3) is 0 Å². The minimum atomic E-state index is -1.20. The van der Waals surface area contributed by atoms with Crippen molar-refractivity contribution in [3.8, 4) is 0 Å². The Hall–Kier alpha value is -0.100. The Morgan fingerprint density at radius 2 is 1.17 bits per heavy atom. The molecule has 0 bridgehead atoms. The zero-order valence-corrected chi connectivity index (χ0v) is 22.0. The Bertz CT molecular complexity index is 395. The maximum absolute atomic E-state index is 11.9. The summed E-state index contributed by atoms with van der Waals surface area (Å²) >= 11 is 0. The summed E-state index contributed by atoms with van der Waals surface area (Å²) in [7, 11) is 0. The van der Waals surface area contributed by atoms with Gasteiger partial charge < -0.3 is 21.0 Å². The number of aliphatic carboxylic acids is 1. The average molecular weight is 435 g/mol. The topological polar surface area (TPSA) is 95.2 Å². The molecule has 0 aliphatic rings. The predicted octanol–water partition coefficient (Wildman–Crippen LogP) is 1.62. The number of rotatable bonds is 22. The maximum atomic E-state index is 11.9. The standard InChI is InChI=1S/C24H48N2O3.Na/c1-2-3-4-5-6-7-8-9-10-11-12-13-14-15-16-20-23(27)26-22(24(28)29)19-17-18-21-25;/h22H,2-21,25H2,1H3,(H,26,27)(H,28,29);/q;+1/p-1/t22-;/m0./s1. The number of carbonyl (C=O) groups is 2. The fourth-order valence-electron chi connectivity index (χ4n) is 3.67. The van der Waals surface area contributed by atoms with Crippen molar-refractivity contribution >= 4 is 11.9 Å². The summed E-state index contributed by atoms with van der Waals surface area (Å²) in [5.74, 6) is -1.38. The molecule has 172 valence electrons. The van der Waals surface area contributed by atoms with Gasteiger partial charge in [0.2, 0.25) is 5.91 Å². The number of nitrogens with one attached hydrogen (secondary N) is 1. The van der Waals surface area contributed by atoms with Crippen LogP contribution in [0.25, 0.3) is 0 Å². The molecule has 5 nitrogen and oxygen atoms in total. The second-order valence-electron chi connectivity index (χ2n) is 8.42. The number of amides is 1. The van der Waals surface area contributed by atoms with Gasteiger partial charge in [0.15, 0.2) is 0 Å². The largest absolute Gasteiger partial charge is 1.00 e. The van der Waals surface area contributed by atoms with Crippen molar-refractivity contribution in [1.82, 2.24) is 5.32 Å². The smallest absolute Gasteiger partial charge is 0.548 e. The molecule has 0 unspecified atom stereocenters. The van der Waals surface area contributed by atoms with Gasteiger partial charge in [0.05, 0.1) is 12.0 Å². The average Bonchev–Trinajstić information content (AvgIpc) is 2.70. The summed E-state index contributed by atoms with van der Waals surface area (Å²) in [4.78, 5) is 23.0. The molecule has 1 amide bonds. The molecule has 0 aromatic rings. The van der Waals surface area contributed by atoms with Gasteiger partial charge in [-0.15, -0.1) is 0 Å². The van der Waals surface area contributed by atoms with Crippen LogP contribution in [0.15, 0.2) is 0 Å². The predicted molar refractivity (Wildman–Crippen MR) is 119 cm³/mol. The van der Waals surface area contributed by atoms with E-state index in [1.54, 1.807) is 0 Å². The molecule has 0 aliphatic carbocycles. The SMILES string of the molecule is CCCCCCCCCCCCCCCCCC(=O)N[C@@H](CCCCN)C(=O)[O-].[Na+]. The molecule has 0 radical (unpaired) electrons. The summed E-state index contributed by atoms with van der Waals surface area (Å²) in [6.45, 7) is 2.80. The molecule has 30 heavy (non-hydrogen) atoms. The van der Waals surface area contributed by atoms with Crippen LogP contribution >= 0.6 is 0 Å². The third-order valence-electron chi connectivity index (χ3n) is 5.57. The van der Waals surface area contributed by atoms with Crippen molar-refractivity contribution in [2.75, 3.05) is 6.54 Å². The van der Waals surface area contributed by atoms with E-state index in [1.807, 2.05) is 0 Å². The van der Waals surface area contributed by atoms with E-state index in [2.05, 4.69) is 12.2 Å². The number of carboxylic acid groups (broad SMARTS) is 1. The Labute approximate surface area is 208 Å². The van der Waals surface area contributed by atoms with E-state index in [4.69, 9.17) is 5.73 Å². The number of hydrogen-bond acceptors (Lipinski definition) is 4. The van der Waals surface area contributed by atoms with E-state index in [1.165, 1.54) is 77.0 Å². The Morgan fingerprint density at radius 3 is 1.57 bits per heavy atom. The fraction of sp³-hybridized carbons (Fsp3) is 0.917. The maximum Gasteiger partial charge on any atom is 1.00 e. The van der Waals surface area contributed by atoms with Crippen LogP contribution in [0.3, 0.4) is 0 Å². The van der Waals surface area contributed by atoms with Crippen LogP contribution in [0.2, 0.25) is 0 Å². The number of carboxylic acids is 1.